The van der Waals surface area contributed by atoms with Crippen LogP contribution in [0.25, 0.3) is 0 Å². The van der Waals surface area contributed by atoms with Gasteiger partial charge in [-0.15, -0.1) is 0 Å². The van der Waals surface area contributed by atoms with Crippen LogP contribution >= 0.6 is 7.82 Å². The largest absolute Gasteiger partial charge is 0.756 e. The van der Waals surface area contributed by atoms with Crippen LogP contribution in [0.1, 0.15) is 354 Å². The number of carbonyl (C=O) groups is 1. The maximum atomic E-state index is 13.1. The Bertz CT molecular complexity index is 1700. The number of carbonyl (C=O) groups excluding carboxylic acids is 1. The van der Waals surface area contributed by atoms with Gasteiger partial charge in [-0.25, -0.2) is 0 Å². The second-order valence-corrected chi connectivity index (χ2v) is 28.0. The van der Waals surface area contributed by atoms with Crippen LogP contribution in [0.4, 0.5) is 0 Å². The van der Waals surface area contributed by atoms with Gasteiger partial charge in [-0.3, -0.25) is 9.36 Å². The van der Waals surface area contributed by atoms with Gasteiger partial charge >= 0.3 is 0 Å². The van der Waals surface area contributed by atoms with E-state index < -0.39 is 20.0 Å². The summed E-state index contributed by atoms with van der Waals surface area (Å²) in [6.45, 7) is 4.58. The smallest absolute Gasteiger partial charge is 0.268 e. The van der Waals surface area contributed by atoms with Crippen molar-refractivity contribution in [3.63, 3.8) is 0 Å². The van der Waals surface area contributed by atoms with E-state index in [2.05, 4.69) is 92.1 Å². The highest BCUT2D eigenvalue weighted by molar-refractivity contribution is 7.45. The van der Waals surface area contributed by atoms with Crippen molar-refractivity contribution in [3.8, 4) is 0 Å². The highest BCUT2D eigenvalue weighted by atomic mass is 31.2. The van der Waals surface area contributed by atoms with Crippen LogP contribution in [0.5, 0.6) is 0 Å². The first kappa shape index (κ1) is 84.7. The van der Waals surface area contributed by atoms with Crippen LogP contribution in [0.3, 0.4) is 0 Å². The molecule has 0 aliphatic heterocycles. The summed E-state index contributed by atoms with van der Waals surface area (Å²) in [5.41, 5.74) is 0. The van der Waals surface area contributed by atoms with Gasteiger partial charge in [0.25, 0.3) is 7.82 Å². The fourth-order valence-corrected chi connectivity index (χ4v) is 11.8. The molecule has 0 saturated heterocycles. The third-order valence-electron chi connectivity index (χ3n) is 16.9. The molecular formula is C78H145N2O6P. The summed E-state index contributed by atoms with van der Waals surface area (Å²) in [5.74, 6) is -0.192. The second-order valence-electron chi connectivity index (χ2n) is 26.6. The molecule has 0 spiro atoms. The summed E-state index contributed by atoms with van der Waals surface area (Å²) < 4.78 is 23.5. The Kier molecular flexibility index (Phi) is 66.2. The number of phosphoric ester groups is 1. The molecule has 3 unspecified atom stereocenters. The Hall–Kier alpha value is -2.32. The van der Waals surface area contributed by atoms with Gasteiger partial charge in [-0.05, 0) is 70.6 Å². The lowest BCUT2D eigenvalue weighted by Crippen LogP contribution is -2.45. The van der Waals surface area contributed by atoms with Crippen molar-refractivity contribution >= 4 is 13.7 Å². The number of hydrogen-bond acceptors (Lipinski definition) is 6. The van der Waals surface area contributed by atoms with Crippen LogP contribution in [-0.2, 0) is 18.4 Å². The highest BCUT2D eigenvalue weighted by Crippen LogP contribution is 2.38. The Morgan fingerprint density at radius 2 is 0.701 bits per heavy atom. The van der Waals surface area contributed by atoms with E-state index in [1.807, 2.05) is 27.2 Å². The molecule has 0 heterocycles. The number of rotatable bonds is 69. The molecule has 87 heavy (non-hydrogen) atoms. The first-order chi connectivity index (χ1) is 42.5. The quantitative estimate of drug-likeness (QED) is 0.0272. The molecule has 0 aromatic carbocycles. The fourth-order valence-electron chi connectivity index (χ4n) is 11.1. The van der Waals surface area contributed by atoms with E-state index in [9.17, 15) is 19.4 Å². The van der Waals surface area contributed by atoms with Crippen LogP contribution < -0.4 is 10.2 Å². The second kappa shape index (κ2) is 68.1. The number of nitrogens with one attached hydrogen (secondary N) is 1. The van der Waals surface area contributed by atoms with Gasteiger partial charge in [-0.1, -0.05) is 362 Å². The zero-order valence-corrected chi connectivity index (χ0v) is 59.1. The Balaban J connectivity index is 3.96. The summed E-state index contributed by atoms with van der Waals surface area (Å²) in [7, 11) is 1.27. The monoisotopic (exact) mass is 1240 g/mol. The summed E-state index contributed by atoms with van der Waals surface area (Å²) >= 11 is 0. The minimum Gasteiger partial charge on any atom is -0.756 e. The minimum absolute atomic E-state index is 0.000668. The zero-order valence-electron chi connectivity index (χ0n) is 58.2. The van der Waals surface area contributed by atoms with Crippen molar-refractivity contribution in [3.05, 3.63) is 85.1 Å². The fraction of sp³-hybridized carbons (Fsp3) is 0.808. The van der Waals surface area contributed by atoms with Gasteiger partial charge in [0.2, 0.25) is 5.91 Å². The first-order valence-corrected chi connectivity index (χ1v) is 38.9. The summed E-state index contributed by atoms with van der Waals surface area (Å²) in [6.07, 6.45) is 97.2. The zero-order chi connectivity index (χ0) is 63.4. The molecule has 508 valence electrons. The first-order valence-electron chi connectivity index (χ1n) is 37.4. The number of aliphatic hydroxyl groups is 1. The molecule has 0 radical (unpaired) electrons. The standard InChI is InChI=1S/C78H145N2O6P/c1-6-8-10-12-14-16-18-20-22-24-26-28-30-32-33-34-35-36-37-38-39-40-41-42-43-44-45-46-47-48-50-52-54-56-58-60-62-64-66-68-70-72-78(82)79-76(75-86-87(83,84)85-74-73-80(3,4)5)77(81)71-69-67-65-63-61-59-57-55-53-51-49-31-29-27-25-23-21-19-17-15-13-11-9-7-2/h8,10,14,16,20,22,26,28,32-33,35-36,69,71,76-77,81H,6-7,9,11-13,15,17-19,21,23-25,27,29-31,34,37-68,70,72-75H2,1-5H3,(H-,79,82,83,84)/b10-8-,16-14-,22-20-,28-26-,33-32-,36-35-,71-69+. The predicted molar refractivity (Wildman–Crippen MR) is 380 cm³/mol. The number of likely N-dealkylation sites (N-methyl/N-ethyl adjacent to an activating group) is 1. The maximum Gasteiger partial charge on any atom is 0.268 e. The number of phosphoric acid groups is 1. The lowest BCUT2D eigenvalue weighted by Gasteiger charge is -2.29. The van der Waals surface area contributed by atoms with Gasteiger partial charge < -0.3 is 28.8 Å². The van der Waals surface area contributed by atoms with E-state index in [1.165, 1.54) is 257 Å². The Morgan fingerprint density at radius 1 is 0.414 bits per heavy atom. The normalized spacial score (nSPS) is 14.1. The molecule has 3 atom stereocenters. The van der Waals surface area contributed by atoms with Gasteiger partial charge in [0.15, 0.2) is 0 Å². The van der Waals surface area contributed by atoms with E-state index in [1.54, 1.807) is 6.08 Å². The van der Waals surface area contributed by atoms with Crippen LogP contribution in [0.2, 0.25) is 0 Å². The molecule has 0 aliphatic rings. The van der Waals surface area contributed by atoms with Crippen LogP contribution in [0, 0.1) is 0 Å². The lowest BCUT2D eigenvalue weighted by molar-refractivity contribution is -0.870. The van der Waals surface area contributed by atoms with E-state index in [-0.39, 0.29) is 19.1 Å². The van der Waals surface area contributed by atoms with Crippen molar-refractivity contribution in [2.24, 2.45) is 0 Å². The topological polar surface area (TPSA) is 108 Å². The van der Waals surface area contributed by atoms with Gasteiger partial charge in [0, 0.05) is 6.42 Å². The molecule has 0 aromatic rings. The average Bonchev–Trinajstić information content (AvgIpc) is 3.71. The molecule has 0 fully saturated rings. The number of unbranched alkanes of at least 4 members (excludes halogenated alkanes) is 44. The number of amides is 1. The molecule has 0 aliphatic carbocycles. The molecule has 2 N–H and O–H groups in total. The molecule has 0 bridgehead atoms. The van der Waals surface area contributed by atoms with E-state index in [4.69, 9.17) is 9.05 Å². The molecule has 0 saturated carbocycles. The molecular weight excluding hydrogens is 1090 g/mol. The molecule has 0 rings (SSSR count). The predicted octanol–water partition coefficient (Wildman–Crippen LogP) is 23.6. The number of aliphatic hydroxyl groups excluding tert-OH is 1. The summed E-state index contributed by atoms with van der Waals surface area (Å²) in [5, 5.41) is 14.0. The maximum absolute atomic E-state index is 13.1. The molecule has 1 amide bonds. The Morgan fingerprint density at radius 3 is 1.02 bits per heavy atom. The summed E-state index contributed by atoms with van der Waals surface area (Å²) in [4.78, 5) is 25.7. The lowest BCUT2D eigenvalue weighted by atomic mass is 10.0. The number of nitrogens with zero attached hydrogens (tertiary/aromatic N) is 1. The van der Waals surface area contributed by atoms with Crippen LogP contribution in [-0.4, -0.2) is 68.5 Å². The van der Waals surface area contributed by atoms with E-state index >= 15 is 0 Å². The third-order valence-corrected chi connectivity index (χ3v) is 17.8. The third kappa shape index (κ3) is 71.0. The van der Waals surface area contributed by atoms with Crippen molar-refractivity contribution in [2.45, 2.75) is 366 Å². The highest BCUT2D eigenvalue weighted by Gasteiger charge is 2.23. The van der Waals surface area contributed by atoms with Gasteiger partial charge in [0.1, 0.15) is 13.2 Å². The molecule has 9 heteroatoms. The molecule has 8 nitrogen and oxygen atoms in total. The van der Waals surface area contributed by atoms with E-state index in [0.29, 0.717) is 17.4 Å². The van der Waals surface area contributed by atoms with Crippen molar-refractivity contribution in [2.75, 3.05) is 40.9 Å². The Labute approximate surface area is 541 Å². The summed E-state index contributed by atoms with van der Waals surface area (Å²) in [6, 6.07) is -0.889. The van der Waals surface area contributed by atoms with Crippen molar-refractivity contribution in [1.29, 1.82) is 0 Å². The van der Waals surface area contributed by atoms with E-state index in [0.717, 1.165) is 77.0 Å². The number of quaternary nitrogens is 1. The van der Waals surface area contributed by atoms with Crippen molar-refractivity contribution in [1.82, 2.24) is 5.32 Å². The van der Waals surface area contributed by atoms with Crippen LogP contribution in [0.15, 0.2) is 85.1 Å². The number of hydrogen-bond donors (Lipinski definition) is 2. The van der Waals surface area contributed by atoms with Gasteiger partial charge in [0.05, 0.1) is 39.9 Å². The minimum atomic E-state index is -4.61. The SMILES string of the molecule is CC/C=C\C/C=C\C/C=C\C/C=C\C/C=C\C/C=C\CCCCCCCCCCCCCCCCCCCCCCCCC(=O)NC(COP(=O)([O-])OCC[N+](C)(C)C)C(O)/C=C/CCCCCCCCCCCCCCCCCCCCCCCC. The average molecular weight is 1240 g/mol. The van der Waals surface area contributed by atoms with Crippen molar-refractivity contribution < 1.29 is 32.9 Å². The number of allylic oxidation sites excluding steroid dienone is 13. The molecule has 0 aromatic heterocycles. The van der Waals surface area contributed by atoms with Gasteiger partial charge in [-0.2, -0.15) is 0 Å².